The van der Waals surface area contributed by atoms with Crippen molar-refractivity contribution in [3.8, 4) is 11.5 Å². The number of halogens is 1. The van der Waals surface area contributed by atoms with Gasteiger partial charge < -0.3 is 4.74 Å². The maximum Gasteiger partial charge on any atom is 0.330 e. The Morgan fingerprint density at radius 2 is 2.24 bits per heavy atom. The number of nitro groups is 1. The van der Waals surface area contributed by atoms with Gasteiger partial charge in [0.25, 0.3) is 0 Å². The summed E-state index contributed by atoms with van der Waals surface area (Å²) in [6, 6.07) is 0. The van der Waals surface area contributed by atoms with Gasteiger partial charge in [-0.3, -0.25) is 19.8 Å². The van der Waals surface area contributed by atoms with E-state index in [4.69, 9.17) is 4.74 Å². The normalized spacial score (nSPS) is 10.2. The molecule has 2 rings (SSSR count). The Labute approximate surface area is 104 Å². The van der Waals surface area contributed by atoms with Gasteiger partial charge in [-0.2, -0.15) is 5.10 Å². The molecule has 0 aliphatic rings. The van der Waals surface area contributed by atoms with Crippen molar-refractivity contribution in [3.63, 3.8) is 0 Å². The average molecular weight is 299 g/mol. The van der Waals surface area contributed by atoms with Crippen LogP contribution in [-0.2, 0) is 7.05 Å². The molecule has 0 saturated carbocycles. The molecule has 0 radical (unpaired) electrons. The van der Waals surface area contributed by atoms with E-state index in [0.29, 0.717) is 10.2 Å². The van der Waals surface area contributed by atoms with Gasteiger partial charge in [-0.15, -0.1) is 0 Å². The third-order valence-corrected chi connectivity index (χ3v) is 2.50. The van der Waals surface area contributed by atoms with E-state index in [1.165, 1.54) is 17.1 Å². The number of hydrogen-bond donors (Lipinski definition) is 0. The van der Waals surface area contributed by atoms with Crippen LogP contribution in [-0.4, -0.2) is 19.7 Å². The molecule has 0 amide bonds. The summed E-state index contributed by atoms with van der Waals surface area (Å²) < 4.78 is 7.36. The van der Waals surface area contributed by atoms with Gasteiger partial charge in [0.2, 0.25) is 5.75 Å². The van der Waals surface area contributed by atoms with Crippen molar-refractivity contribution in [3.05, 3.63) is 39.4 Å². The minimum atomic E-state index is -0.552. The van der Waals surface area contributed by atoms with Gasteiger partial charge in [-0.25, -0.2) is 0 Å². The van der Waals surface area contributed by atoms with Gasteiger partial charge >= 0.3 is 5.69 Å². The first-order chi connectivity index (χ1) is 8.08. The van der Waals surface area contributed by atoms with Gasteiger partial charge in [0, 0.05) is 13.2 Å². The first kappa shape index (κ1) is 11.5. The zero-order valence-electron chi connectivity index (χ0n) is 8.70. The van der Waals surface area contributed by atoms with E-state index >= 15 is 0 Å². The van der Waals surface area contributed by atoms with E-state index in [2.05, 4.69) is 26.0 Å². The van der Waals surface area contributed by atoms with Crippen LogP contribution < -0.4 is 4.74 Å². The smallest absolute Gasteiger partial charge is 0.330 e. The van der Waals surface area contributed by atoms with Crippen LogP contribution in [0.4, 0.5) is 5.69 Å². The number of ether oxygens (including phenoxy) is 1. The lowest BCUT2D eigenvalue weighted by molar-refractivity contribution is -0.386. The molecular weight excluding hydrogens is 292 g/mol. The molecule has 0 fully saturated rings. The first-order valence-corrected chi connectivity index (χ1v) is 5.31. The summed E-state index contributed by atoms with van der Waals surface area (Å²) in [6.45, 7) is 0. The molecule has 0 spiro atoms. The van der Waals surface area contributed by atoms with Crippen LogP contribution in [0, 0.1) is 10.1 Å². The largest absolute Gasteiger partial charge is 0.445 e. The lowest BCUT2D eigenvalue weighted by Crippen LogP contribution is -1.95. The van der Waals surface area contributed by atoms with Crippen molar-refractivity contribution in [1.82, 2.24) is 14.8 Å². The zero-order chi connectivity index (χ0) is 12.4. The van der Waals surface area contributed by atoms with Crippen LogP contribution in [0.2, 0.25) is 0 Å². The SMILES string of the molecule is Cn1cc(Oc2c(Br)cncc2[N+](=O)[O-])cn1. The van der Waals surface area contributed by atoms with Crippen LogP contribution in [0.1, 0.15) is 0 Å². The molecular formula is C9H7BrN4O3. The van der Waals surface area contributed by atoms with Crippen molar-refractivity contribution in [2.24, 2.45) is 7.05 Å². The molecule has 0 aromatic carbocycles. The zero-order valence-corrected chi connectivity index (χ0v) is 10.3. The second-order valence-corrected chi connectivity index (χ2v) is 4.03. The lowest BCUT2D eigenvalue weighted by atomic mass is 10.4. The molecule has 0 aliphatic carbocycles. The van der Waals surface area contributed by atoms with E-state index in [1.54, 1.807) is 13.2 Å². The summed E-state index contributed by atoms with van der Waals surface area (Å²) >= 11 is 3.16. The fourth-order valence-corrected chi connectivity index (χ4v) is 1.62. The van der Waals surface area contributed by atoms with E-state index in [9.17, 15) is 10.1 Å². The predicted octanol–water partition coefficient (Wildman–Crippen LogP) is 2.28. The van der Waals surface area contributed by atoms with Gasteiger partial charge in [0.15, 0.2) is 5.75 Å². The van der Waals surface area contributed by atoms with Crippen molar-refractivity contribution >= 4 is 21.6 Å². The second kappa shape index (κ2) is 4.50. The first-order valence-electron chi connectivity index (χ1n) is 4.52. The topological polar surface area (TPSA) is 83.1 Å². The van der Waals surface area contributed by atoms with Crippen molar-refractivity contribution in [1.29, 1.82) is 0 Å². The summed E-state index contributed by atoms with van der Waals surface area (Å²) in [5.74, 6) is 0.528. The predicted molar refractivity (Wildman–Crippen MR) is 61.9 cm³/mol. The molecule has 0 aliphatic heterocycles. The van der Waals surface area contributed by atoms with Crippen LogP contribution in [0.25, 0.3) is 0 Å². The number of aryl methyl sites for hydroxylation is 1. The summed E-state index contributed by atoms with van der Waals surface area (Å²) in [7, 11) is 1.73. The number of aromatic nitrogens is 3. The molecule has 2 heterocycles. The molecule has 0 N–H and O–H groups in total. The Balaban J connectivity index is 2.40. The maximum absolute atomic E-state index is 10.8. The fourth-order valence-electron chi connectivity index (χ4n) is 1.21. The molecule has 0 unspecified atom stereocenters. The number of rotatable bonds is 3. The van der Waals surface area contributed by atoms with Crippen LogP contribution >= 0.6 is 15.9 Å². The summed E-state index contributed by atoms with van der Waals surface area (Å²) in [5.41, 5.74) is -0.205. The van der Waals surface area contributed by atoms with Gasteiger partial charge in [-0.1, -0.05) is 0 Å². The van der Waals surface area contributed by atoms with Crippen LogP contribution in [0.5, 0.6) is 11.5 Å². The Hall–Kier alpha value is -1.96. The minimum Gasteiger partial charge on any atom is -0.445 e. The van der Waals surface area contributed by atoms with Crippen LogP contribution in [0.3, 0.4) is 0 Å². The number of pyridine rings is 1. The molecule has 17 heavy (non-hydrogen) atoms. The summed E-state index contributed by atoms with van der Waals surface area (Å²) in [5, 5.41) is 14.7. The number of hydrogen-bond acceptors (Lipinski definition) is 5. The Morgan fingerprint density at radius 1 is 1.47 bits per heavy atom. The highest BCUT2D eigenvalue weighted by molar-refractivity contribution is 9.10. The Morgan fingerprint density at radius 3 is 2.82 bits per heavy atom. The molecule has 8 heteroatoms. The second-order valence-electron chi connectivity index (χ2n) is 3.18. The highest BCUT2D eigenvalue weighted by atomic mass is 79.9. The Bertz CT molecular complexity index is 569. The molecule has 88 valence electrons. The highest BCUT2D eigenvalue weighted by Crippen LogP contribution is 2.36. The highest BCUT2D eigenvalue weighted by Gasteiger charge is 2.20. The Kier molecular flexibility index (Phi) is 3.05. The third kappa shape index (κ3) is 2.41. The van der Waals surface area contributed by atoms with Gasteiger partial charge in [0.05, 0.1) is 21.8 Å². The molecule has 0 atom stereocenters. The van der Waals surface area contributed by atoms with E-state index in [0.717, 1.165) is 6.20 Å². The average Bonchev–Trinajstić information content (AvgIpc) is 2.67. The molecule has 0 saturated heterocycles. The van der Waals surface area contributed by atoms with Crippen molar-refractivity contribution in [2.45, 2.75) is 0 Å². The van der Waals surface area contributed by atoms with Crippen LogP contribution in [0.15, 0.2) is 29.3 Å². The lowest BCUT2D eigenvalue weighted by Gasteiger charge is -2.04. The molecule has 7 nitrogen and oxygen atoms in total. The van der Waals surface area contributed by atoms with Gasteiger partial charge in [0.1, 0.15) is 6.20 Å². The van der Waals surface area contributed by atoms with Crippen molar-refractivity contribution < 1.29 is 9.66 Å². The summed E-state index contributed by atoms with van der Waals surface area (Å²) in [6.07, 6.45) is 5.64. The van der Waals surface area contributed by atoms with E-state index in [1.807, 2.05) is 0 Å². The van der Waals surface area contributed by atoms with Gasteiger partial charge in [-0.05, 0) is 15.9 Å². The number of nitrogens with zero attached hydrogens (tertiary/aromatic N) is 4. The molecule has 0 bridgehead atoms. The van der Waals surface area contributed by atoms with Crippen molar-refractivity contribution in [2.75, 3.05) is 0 Å². The van der Waals surface area contributed by atoms with E-state index in [-0.39, 0.29) is 11.4 Å². The molecule has 2 aromatic rings. The maximum atomic E-state index is 10.8. The standard InChI is InChI=1S/C9H7BrN4O3/c1-13-5-6(2-12-13)17-9-7(10)3-11-4-8(9)14(15)16/h2-5H,1H3. The summed E-state index contributed by atoms with van der Waals surface area (Å²) in [4.78, 5) is 14.0. The van der Waals surface area contributed by atoms with E-state index < -0.39 is 4.92 Å². The molecule has 2 aromatic heterocycles. The quantitative estimate of drug-likeness (QED) is 0.641. The third-order valence-electron chi connectivity index (χ3n) is 1.93. The fraction of sp³-hybridized carbons (Fsp3) is 0.111. The minimum absolute atomic E-state index is 0.109. The monoisotopic (exact) mass is 298 g/mol.